The van der Waals surface area contributed by atoms with E-state index in [1.54, 1.807) is 18.5 Å². The van der Waals surface area contributed by atoms with Crippen LogP contribution < -0.4 is 5.32 Å². The van der Waals surface area contributed by atoms with Gasteiger partial charge in [0, 0.05) is 24.6 Å². The standard InChI is InChI=1S/C19H16N6O2/c26-16(22-19-23-18(24-25-19)14-8-4-5-11-20-14)9-10-17-21-12-15(27-17)13-6-2-1-3-7-13/h1-8,11-12H,9-10H2,(H2,22,23,24,25,26). The van der Waals surface area contributed by atoms with Crippen LogP contribution in [0.1, 0.15) is 12.3 Å². The van der Waals surface area contributed by atoms with E-state index in [4.69, 9.17) is 4.42 Å². The topological polar surface area (TPSA) is 110 Å². The van der Waals surface area contributed by atoms with E-state index in [-0.39, 0.29) is 18.3 Å². The van der Waals surface area contributed by atoms with E-state index in [1.165, 1.54) is 0 Å². The van der Waals surface area contributed by atoms with Gasteiger partial charge in [-0.1, -0.05) is 36.4 Å². The smallest absolute Gasteiger partial charge is 0.249 e. The Kier molecular flexibility index (Phi) is 4.69. The van der Waals surface area contributed by atoms with Gasteiger partial charge in [0.15, 0.2) is 17.5 Å². The van der Waals surface area contributed by atoms with E-state index >= 15 is 0 Å². The maximum absolute atomic E-state index is 12.1. The summed E-state index contributed by atoms with van der Waals surface area (Å²) >= 11 is 0. The molecule has 0 saturated heterocycles. The summed E-state index contributed by atoms with van der Waals surface area (Å²) in [5.74, 6) is 1.67. The highest BCUT2D eigenvalue weighted by Gasteiger charge is 2.12. The van der Waals surface area contributed by atoms with Crippen molar-refractivity contribution in [3.63, 3.8) is 0 Å². The Morgan fingerprint density at radius 2 is 1.93 bits per heavy atom. The number of pyridine rings is 1. The first-order chi connectivity index (χ1) is 13.3. The second-order valence-corrected chi connectivity index (χ2v) is 5.76. The number of rotatable bonds is 6. The maximum atomic E-state index is 12.1. The molecule has 0 aliphatic heterocycles. The Balaban J connectivity index is 1.33. The predicted octanol–water partition coefficient (Wildman–Crippen LogP) is 3.09. The Hall–Kier alpha value is -3.81. The summed E-state index contributed by atoms with van der Waals surface area (Å²) in [4.78, 5) is 24.7. The van der Waals surface area contributed by atoms with Crippen LogP contribution in [0.3, 0.4) is 0 Å². The first kappa shape index (κ1) is 16.6. The lowest BCUT2D eigenvalue weighted by atomic mass is 10.2. The third-order valence-corrected chi connectivity index (χ3v) is 3.82. The highest BCUT2D eigenvalue weighted by molar-refractivity contribution is 5.89. The van der Waals surface area contributed by atoms with Crippen molar-refractivity contribution in [1.29, 1.82) is 0 Å². The molecule has 3 heterocycles. The predicted molar refractivity (Wildman–Crippen MR) is 98.5 cm³/mol. The fourth-order valence-corrected chi connectivity index (χ4v) is 2.50. The summed E-state index contributed by atoms with van der Waals surface area (Å²) in [6.45, 7) is 0. The van der Waals surface area contributed by atoms with E-state index in [2.05, 4.69) is 30.5 Å². The lowest BCUT2D eigenvalue weighted by molar-refractivity contribution is -0.116. The molecule has 0 atom stereocenters. The molecule has 0 aliphatic carbocycles. The Morgan fingerprint density at radius 1 is 1.07 bits per heavy atom. The number of amides is 1. The Bertz CT molecular complexity index is 1030. The molecule has 8 nitrogen and oxygen atoms in total. The summed E-state index contributed by atoms with van der Waals surface area (Å²) in [5.41, 5.74) is 1.60. The third kappa shape index (κ3) is 4.06. The van der Waals surface area contributed by atoms with Crippen LogP contribution in [0.25, 0.3) is 22.8 Å². The van der Waals surface area contributed by atoms with Crippen LogP contribution in [0, 0.1) is 0 Å². The molecule has 4 rings (SSSR count). The van der Waals surface area contributed by atoms with Crippen LogP contribution >= 0.6 is 0 Å². The number of anilines is 1. The number of aromatic nitrogens is 5. The van der Waals surface area contributed by atoms with E-state index in [1.807, 2.05) is 42.5 Å². The average Bonchev–Trinajstić information content (AvgIpc) is 3.37. The number of nitrogens with one attached hydrogen (secondary N) is 2. The van der Waals surface area contributed by atoms with Gasteiger partial charge in [-0.15, -0.1) is 5.10 Å². The second kappa shape index (κ2) is 7.61. The first-order valence-electron chi connectivity index (χ1n) is 8.42. The van der Waals surface area contributed by atoms with Gasteiger partial charge in [0.05, 0.1) is 6.20 Å². The van der Waals surface area contributed by atoms with Crippen LogP contribution in [0.15, 0.2) is 65.3 Å². The Labute approximate surface area is 154 Å². The van der Waals surface area contributed by atoms with E-state index < -0.39 is 0 Å². The van der Waals surface area contributed by atoms with Gasteiger partial charge >= 0.3 is 0 Å². The van der Waals surface area contributed by atoms with Crippen LogP contribution in [0.2, 0.25) is 0 Å². The number of hydrogen-bond acceptors (Lipinski definition) is 6. The molecule has 0 radical (unpaired) electrons. The van der Waals surface area contributed by atoms with Crippen LogP contribution in [0.5, 0.6) is 0 Å². The van der Waals surface area contributed by atoms with Gasteiger partial charge in [0.2, 0.25) is 11.9 Å². The minimum atomic E-state index is -0.221. The lowest BCUT2D eigenvalue weighted by Gasteiger charge is -1.99. The van der Waals surface area contributed by atoms with E-state index in [0.717, 1.165) is 5.56 Å². The average molecular weight is 360 g/mol. The van der Waals surface area contributed by atoms with Crippen molar-refractivity contribution in [2.45, 2.75) is 12.8 Å². The highest BCUT2D eigenvalue weighted by Crippen LogP contribution is 2.20. The van der Waals surface area contributed by atoms with Gasteiger partial charge in [-0.2, -0.15) is 4.98 Å². The van der Waals surface area contributed by atoms with E-state index in [9.17, 15) is 4.79 Å². The largest absolute Gasteiger partial charge is 0.441 e. The molecule has 27 heavy (non-hydrogen) atoms. The van der Waals surface area contributed by atoms with Crippen molar-refractivity contribution in [3.8, 4) is 22.8 Å². The highest BCUT2D eigenvalue weighted by atomic mass is 16.4. The normalized spacial score (nSPS) is 10.7. The van der Waals surface area contributed by atoms with E-state index in [0.29, 0.717) is 29.6 Å². The monoisotopic (exact) mass is 360 g/mol. The molecule has 4 aromatic rings. The van der Waals surface area contributed by atoms with Crippen molar-refractivity contribution >= 4 is 11.9 Å². The number of hydrogen-bond donors (Lipinski definition) is 2. The van der Waals surface area contributed by atoms with Gasteiger partial charge in [0.1, 0.15) is 5.69 Å². The van der Waals surface area contributed by atoms with Crippen molar-refractivity contribution in [1.82, 2.24) is 25.1 Å². The van der Waals surface area contributed by atoms with Crippen molar-refractivity contribution in [3.05, 3.63) is 66.8 Å². The molecule has 0 fully saturated rings. The molecule has 8 heteroatoms. The zero-order valence-corrected chi connectivity index (χ0v) is 14.3. The number of oxazole rings is 1. The summed E-state index contributed by atoms with van der Waals surface area (Å²) in [7, 11) is 0. The van der Waals surface area contributed by atoms with Gasteiger partial charge in [-0.05, 0) is 12.1 Å². The molecule has 0 aliphatic rings. The van der Waals surface area contributed by atoms with Gasteiger partial charge in [-0.3, -0.25) is 20.2 Å². The molecule has 2 N–H and O–H groups in total. The molecule has 3 aromatic heterocycles. The molecule has 0 unspecified atom stereocenters. The molecular weight excluding hydrogens is 344 g/mol. The number of carbonyl (C=O) groups is 1. The molecule has 0 spiro atoms. The summed E-state index contributed by atoms with van der Waals surface area (Å²) in [6.07, 6.45) is 3.92. The summed E-state index contributed by atoms with van der Waals surface area (Å²) in [6, 6.07) is 15.2. The molecule has 1 aromatic carbocycles. The fraction of sp³-hybridized carbons (Fsp3) is 0.105. The number of H-pyrrole nitrogens is 1. The lowest BCUT2D eigenvalue weighted by Crippen LogP contribution is -2.13. The minimum absolute atomic E-state index is 0.207. The summed E-state index contributed by atoms with van der Waals surface area (Å²) < 4.78 is 5.70. The zero-order valence-electron chi connectivity index (χ0n) is 14.3. The van der Waals surface area contributed by atoms with Gasteiger partial charge in [0.25, 0.3) is 0 Å². The number of aromatic amines is 1. The fourth-order valence-electron chi connectivity index (χ4n) is 2.50. The molecule has 0 saturated carbocycles. The molecule has 1 amide bonds. The third-order valence-electron chi connectivity index (χ3n) is 3.82. The van der Waals surface area contributed by atoms with Crippen molar-refractivity contribution in [2.75, 3.05) is 5.32 Å². The number of nitrogens with zero attached hydrogens (tertiary/aromatic N) is 4. The van der Waals surface area contributed by atoms with Crippen LogP contribution in [-0.2, 0) is 11.2 Å². The maximum Gasteiger partial charge on any atom is 0.249 e. The zero-order chi connectivity index (χ0) is 18.5. The van der Waals surface area contributed by atoms with Crippen molar-refractivity contribution < 1.29 is 9.21 Å². The molecular formula is C19H16N6O2. The molecule has 0 bridgehead atoms. The molecule has 134 valence electrons. The SMILES string of the molecule is O=C(CCc1ncc(-c2ccccc2)o1)Nc1n[nH]c(-c2ccccn2)n1. The first-order valence-corrected chi connectivity index (χ1v) is 8.42. The van der Waals surface area contributed by atoms with Crippen LogP contribution in [0.4, 0.5) is 5.95 Å². The van der Waals surface area contributed by atoms with Crippen LogP contribution in [-0.4, -0.2) is 31.1 Å². The van der Waals surface area contributed by atoms with Gasteiger partial charge in [-0.25, -0.2) is 4.98 Å². The van der Waals surface area contributed by atoms with Crippen molar-refractivity contribution in [2.24, 2.45) is 0 Å². The number of benzene rings is 1. The second-order valence-electron chi connectivity index (χ2n) is 5.76. The summed E-state index contributed by atoms with van der Waals surface area (Å²) in [5, 5.41) is 9.39. The minimum Gasteiger partial charge on any atom is -0.441 e. The Morgan fingerprint density at radius 3 is 2.74 bits per heavy atom. The number of aryl methyl sites for hydroxylation is 1. The number of carbonyl (C=O) groups excluding carboxylic acids is 1. The quantitative estimate of drug-likeness (QED) is 0.547. The van der Waals surface area contributed by atoms with Gasteiger partial charge < -0.3 is 4.42 Å².